The van der Waals surface area contributed by atoms with Crippen LogP contribution in [0.25, 0.3) is 0 Å². The summed E-state index contributed by atoms with van der Waals surface area (Å²) < 4.78 is 0. The van der Waals surface area contributed by atoms with Gasteiger partial charge in [0.15, 0.2) is 0 Å². The Labute approximate surface area is 111 Å². The summed E-state index contributed by atoms with van der Waals surface area (Å²) in [7, 11) is 0. The van der Waals surface area contributed by atoms with Crippen molar-refractivity contribution in [2.45, 2.75) is 12.5 Å². The fraction of sp³-hybridized carbons (Fsp3) is 0.500. The van der Waals surface area contributed by atoms with Gasteiger partial charge in [-0.1, -0.05) is 0 Å². The van der Waals surface area contributed by atoms with Gasteiger partial charge < -0.3 is 31.7 Å². The van der Waals surface area contributed by atoms with Gasteiger partial charge in [0.05, 0.1) is 18.4 Å². The van der Waals surface area contributed by atoms with E-state index in [1.54, 1.807) is 0 Å². The van der Waals surface area contributed by atoms with E-state index in [9.17, 15) is 14.7 Å². The number of hydrogen-bond acceptors (Lipinski definition) is 4. The van der Waals surface area contributed by atoms with E-state index in [0.717, 1.165) is 0 Å². The van der Waals surface area contributed by atoms with Crippen molar-refractivity contribution in [1.82, 2.24) is 0 Å². The van der Waals surface area contributed by atoms with Crippen molar-refractivity contribution in [2.75, 3.05) is 0 Å². The van der Waals surface area contributed by atoms with Gasteiger partial charge >= 0.3 is 57.4 Å². The van der Waals surface area contributed by atoms with Crippen molar-refractivity contribution < 1.29 is 82.1 Å². The Morgan fingerprint density at radius 2 is 1.75 bits per heavy atom. The molecule has 68 valence electrons. The van der Waals surface area contributed by atoms with Crippen LogP contribution in [0.4, 0.5) is 0 Å². The molecule has 0 spiro atoms. The second-order valence-electron chi connectivity index (χ2n) is 1.52. The molecular weight excluding hydrogens is 197 g/mol. The maximum atomic E-state index is 9.74. The molecule has 8 heteroatoms. The molecular formula is C4H10KNO6. The molecule has 0 saturated heterocycles. The summed E-state index contributed by atoms with van der Waals surface area (Å²) in [6.45, 7) is 0. The van der Waals surface area contributed by atoms with Crippen LogP contribution in [0, 0.1) is 0 Å². The van der Waals surface area contributed by atoms with E-state index < -0.39 is 24.4 Å². The van der Waals surface area contributed by atoms with E-state index in [1.807, 2.05) is 0 Å². The third kappa shape index (κ3) is 13.1. The summed E-state index contributed by atoms with van der Waals surface area (Å²) in [6, 6.07) is -1.40. The molecule has 0 aromatic rings. The maximum absolute atomic E-state index is 9.74. The molecule has 1 atom stereocenters. The van der Waals surface area contributed by atoms with Gasteiger partial charge in [-0.15, -0.1) is 0 Å². The minimum absolute atomic E-state index is 0. The predicted molar refractivity (Wildman–Crippen MR) is 32.5 cm³/mol. The minimum atomic E-state index is -1.54. The average molecular weight is 207 g/mol. The van der Waals surface area contributed by atoms with Gasteiger partial charge in [-0.05, 0) is 0 Å². The molecule has 0 aromatic heterocycles. The monoisotopic (exact) mass is 207 g/mol. The average Bonchev–Trinajstić information content (AvgIpc) is 1.63. The summed E-state index contributed by atoms with van der Waals surface area (Å²) in [4.78, 5) is 19.5. The topological polar surface area (TPSA) is 166 Å². The number of carboxylic acid groups (broad SMARTS) is 2. The molecule has 0 unspecified atom stereocenters. The van der Waals surface area contributed by atoms with Crippen LogP contribution in [0.15, 0.2) is 0 Å². The molecule has 7 nitrogen and oxygen atoms in total. The van der Waals surface area contributed by atoms with Crippen molar-refractivity contribution >= 4 is 11.9 Å². The van der Waals surface area contributed by atoms with Crippen molar-refractivity contribution in [1.29, 1.82) is 0 Å². The Morgan fingerprint density at radius 1 is 1.42 bits per heavy atom. The van der Waals surface area contributed by atoms with Crippen molar-refractivity contribution in [3.05, 3.63) is 0 Å². The van der Waals surface area contributed by atoms with Gasteiger partial charge in [-0.25, -0.2) is 0 Å². The standard InChI is InChI=1S/C4H7NO4.K.2H2O/c5-2(4(8)9)1-3(6)7;;;/h2H,1,5H2,(H,6,7)(H,8,9);;2*1H2/q;+1;;/p-1/t2-;;;/m0.../s1. The molecule has 0 amide bonds. The summed E-state index contributed by atoms with van der Waals surface area (Å²) in [5, 5.41) is 17.7. The second-order valence-corrected chi connectivity index (χ2v) is 1.52. The molecule has 12 heavy (non-hydrogen) atoms. The first-order chi connectivity index (χ1) is 4.04. The van der Waals surface area contributed by atoms with Crippen LogP contribution in [0.5, 0.6) is 0 Å². The van der Waals surface area contributed by atoms with Crippen LogP contribution >= 0.6 is 0 Å². The molecule has 0 aromatic carbocycles. The number of nitrogens with two attached hydrogens (primary N) is 1. The van der Waals surface area contributed by atoms with Crippen molar-refractivity contribution in [2.24, 2.45) is 5.73 Å². The molecule has 0 rings (SSSR count). The number of hydrogen-bond donors (Lipinski definition) is 2. The molecule has 7 N–H and O–H groups in total. The molecule has 0 heterocycles. The Balaban J connectivity index is -0.000000107. The molecule has 0 fully saturated rings. The molecule has 0 saturated carbocycles. The largest absolute Gasteiger partial charge is 1.00 e. The third-order valence-electron chi connectivity index (χ3n) is 0.697. The number of carboxylic acids is 2. The van der Waals surface area contributed by atoms with E-state index in [2.05, 4.69) is 0 Å². The Hall–Kier alpha value is 0.456. The summed E-state index contributed by atoms with van der Waals surface area (Å²) >= 11 is 0. The van der Waals surface area contributed by atoms with E-state index >= 15 is 0 Å². The number of rotatable bonds is 3. The van der Waals surface area contributed by atoms with E-state index in [4.69, 9.17) is 10.8 Å². The predicted octanol–water partition coefficient (Wildman–Crippen LogP) is -7.11. The van der Waals surface area contributed by atoms with Crippen molar-refractivity contribution in [3.63, 3.8) is 0 Å². The Kier molecular flexibility index (Phi) is 21.8. The first-order valence-electron chi connectivity index (χ1n) is 2.22. The third-order valence-corrected chi connectivity index (χ3v) is 0.697. The van der Waals surface area contributed by atoms with Crippen LogP contribution in [0.3, 0.4) is 0 Å². The number of carbonyl (C=O) groups is 2. The van der Waals surface area contributed by atoms with Gasteiger partial charge in [0.25, 0.3) is 0 Å². The SMILES string of the molecule is N[C@@H](CC(=O)O)C(=O)[O-].O.O.[K+]. The fourth-order valence-corrected chi connectivity index (χ4v) is 0.271. The van der Waals surface area contributed by atoms with Gasteiger partial charge in [-0.2, -0.15) is 0 Å². The smallest absolute Gasteiger partial charge is 0.548 e. The quantitative estimate of drug-likeness (QED) is 0.438. The van der Waals surface area contributed by atoms with Crippen LogP contribution in [0.1, 0.15) is 6.42 Å². The van der Waals surface area contributed by atoms with E-state index in [0.29, 0.717) is 0 Å². The molecule has 0 aliphatic rings. The summed E-state index contributed by atoms with van der Waals surface area (Å²) in [5.41, 5.74) is 4.77. The first-order valence-corrected chi connectivity index (χ1v) is 2.22. The molecule has 0 aliphatic heterocycles. The van der Waals surface area contributed by atoms with E-state index in [-0.39, 0.29) is 62.3 Å². The van der Waals surface area contributed by atoms with E-state index in [1.165, 1.54) is 0 Å². The first kappa shape index (κ1) is 22.9. The Bertz CT molecular complexity index is 140. The van der Waals surface area contributed by atoms with Gasteiger partial charge in [0.1, 0.15) is 0 Å². The number of aliphatic carboxylic acids is 2. The summed E-state index contributed by atoms with van der Waals surface area (Å²) in [6.07, 6.45) is -0.595. The van der Waals surface area contributed by atoms with Gasteiger partial charge in [0.2, 0.25) is 0 Å². The minimum Gasteiger partial charge on any atom is -0.548 e. The van der Waals surface area contributed by atoms with Crippen LogP contribution in [-0.4, -0.2) is 34.0 Å². The zero-order valence-electron chi connectivity index (χ0n) is 6.53. The fourth-order valence-electron chi connectivity index (χ4n) is 0.271. The van der Waals surface area contributed by atoms with Gasteiger partial charge in [-0.3, -0.25) is 4.79 Å². The van der Waals surface area contributed by atoms with Gasteiger partial charge in [0, 0.05) is 0 Å². The van der Waals surface area contributed by atoms with Crippen LogP contribution in [0.2, 0.25) is 0 Å². The van der Waals surface area contributed by atoms with Crippen molar-refractivity contribution in [3.8, 4) is 0 Å². The van der Waals surface area contributed by atoms with Crippen LogP contribution < -0.4 is 62.2 Å². The normalized spacial score (nSPS) is 9.42. The summed E-state index contributed by atoms with van der Waals surface area (Å²) in [5.74, 6) is -2.79. The molecule has 0 radical (unpaired) electrons. The van der Waals surface area contributed by atoms with Crippen LogP contribution in [-0.2, 0) is 9.59 Å². The zero-order chi connectivity index (χ0) is 7.44. The molecule has 0 aliphatic carbocycles. The number of carbonyl (C=O) groups excluding carboxylic acids is 1. The second kappa shape index (κ2) is 11.5. The molecule has 0 bridgehead atoms. The Morgan fingerprint density at radius 3 is 1.83 bits per heavy atom. The zero-order valence-corrected chi connectivity index (χ0v) is 9.66. The maximum Gasteiger partial charge on any atom is 1.00 e.